The first-order valence-electron chi connectivity index (χ1n) is 5.75. The molecule has 0 fully saturated rings. The SMILES string of the molecule is O=C(/C=C/c1cccc(F)c1)Nc1c(Cl)cccc1Cl. The predicted molar refractivity (Wildman–Crippen MR) is 80.5 cm³/mol. The van der Waals surface area contributed by atoms with Crippen LogP contribution in [0.4, 0.5) is 10.1 Å². The van der Waals surface area contributed by atoms with E-state index in [1.54, 1.807) is 30.3 Å². The average Bonchev–Trinajstić information content (AvgIpc) is 2.41. The lowest BCUT2D eigenvalue weighted by Gasteiger charge is -2.06. The second kappa shape index (κ2) is 6.55. The molecule has 2 nitrogen and oxygen atoms in total. The Morgan fingerprint density at radius 3 is 2.40 bits per heavy atom. The molecule has 20 heavy (non-hydrogen) atoms. The minimum atomic E-state index is -0.399. The molecule has 0 unspecified atom stereocenters. The summed E-state index contributed by atoms with van der Waals surface area (Å²) < 4.78 is 13.0. The highest BCUT2D eigenvalue weighted by atomic mass is 35.5. The van der Waals surface area contributed by atoms with Crippen LogP contribution in [0, 0.1) is 5.82 Å². The number of amides is 1. The molecule has 0 radical (unpaired) electrons. The van der Waals surface area contributed by atoms with Gasteiger partial charge in [0.2, 0.25) is 5.91 Å². The van der Waals surface area contributed by atoms with Crippen LogP contribution in [0.5, 0.6) is 0 Å². The van der Waals surface area contributed by atoms with Crippen molar-refractivity contribution in [2.45, 2.75) is 0 Å². The molecule has 2 aromatic carbocycles. The number of halogens is 3. The van der Waals surface area contributed by atoms with Crippen LogP contribution in [0.25, 0.3) is 6.08 Å². The lowest BCUT2D eigenvalue weighted by atomic mass is 10.2. The number of hydrogen-bond acceptors (Lipinski definition) is 1. The van der Waals surface area contributed by atoms with Gasteiger partial charge in [-0.15, -0.1) is 0 Å². The molecular weight excluding hydrogens is 300 g/mol. The van der Waals surface area contributed by atoms with Gasteiger partial charge in [-0.05, 0) is 35.9 Å². The van der Waals surface area contributed by atoms with Gasteiger partial charge in [0.25, 0.3) is 0 Å². The average molecular weight is 310 g/mol. The van der Waals surface area contributed by atoms with E-state index in [9.17, 15) is 9.18 Å². The van der Waals surface area contributed by atoms with Gasteiger partial charge in [-0.25, -0.2) is 4.39 Å². The largest absolute Gasteiger partial charge is 0.320 e. The lowest BCUT2D eigenvalue weighted by Crippen LogP contribution is -2.08. The molecular formula is C15H10Cl2FNO. The van der Waals surface area contributed by atoms with Crippen molar-refractivity contribution in [2.75, 3.05) is 5.32 Å². The molecule has 0 aliphatic heterocycles. The van der Waals surface area contributed by atoms with Crippen molar-refractivity contribution < 1.29 is 9.18 Å². The molecule has 0 saturated heterocycles. The zero-order chi connectivity index (χ0) is 14.5. The Kier molecular flexibility index (Phi) is 4.77. The van der Waals surface area contributed by atoms with E-state index in [2.05, 4.69) is 5.32 Å². The Labute approximate surface area is 125 Å². The highest BCUT2D eigenvalue weighted by Crippen LogP contribution is 2.29. The van der Waals surface area contributed by atoms with E-state index in [-0.39, 0.29) is 5.82 Å². The Hall–Kier alpha value is -1.84. The summed E-state index contributed by atoms with van der Waals surface area (Å²) in [6.45, 7) is 0. The van der Waals surface area contributed by atoms with E-state index in [1.807, 2.05) is 0 Å². The number of benzene rings is 2. The standard InChI is InChI=1S/C15H10Cl2FNO/c16-12-5-2-6-13(17)15(12)19-14(20)8-7-10-3-1-4-11(18)9-10/h1-9H,(H,19,20)/b8-7+. The van der Waals surface area contributed by atoms with E-state index in [0.29, 0.717) is 21.3 Å². The molecule has 0 aromatic heterocycles. The van der Waals surface area contributed by atoms with E-state index in [1.165, 1.54) is 24.3 Å². The number of anilines is 1. The monoisotopic (exact) mass is 309 g/mol. The Bertz CT molecular complexity index is 650. The zero-order valence-corrected chi connectivity index (χ0v) is 11.8. The van der Waals surface area contributed by atoms with Gasteiger partial charge in [-0.1, -0.05) is 41.4 Å². The number of hydrogen-bond donors (Lipinski definition) is 1. The first-order valence-corrected chi connectivity index (χ1v) is 6.50. The van der Waals surface area contributed by atoms with Crippen LogP contribution >= 0.6 is 23.2 Å². The summed E-state index contributed by atoms with van der Waals surface area (Å²) >= 11 is 11.9. The summed E-state index contributed by atoms with van der Waals surface area (Å²) in [4.78, 5) is 11.8. The first-order chi connectivity index (χ1) is 9.56. The van der Waals surface area contributed by atoms with Crippen LogP contribution in [0.3, 0.4) is 0 Å². The van der Waals surface area contributed by atoms with E-state index in [0.717, 1.165) is 0 Å². The van der Waals surface area contributed by atoms with Gasteiger partial charge in [0, 0.05) is 6.08 Å². The fourth-order valence-corrected chi connectivity index (χ4v) is 2.06. The molecule has 5 heteroatoms. The second-order valence-corrected chi connectivity index (χ2v) is 4.79. The maximum Gasteiger partial charge on any atom is 0.248 e. The molecule has 1 N–H and O–H groups in total. The topological polar surface area (TPSA) is 29.1 Å². The van der Waals surface area contributed by atoms with Crippen molar-refractivity contribution in [1.82, 2.24) is 0 Å². The van der Waals surface area contributed by atoms with E-state index < -0.39 is 5.91 Å². The summed E-state index contributed by atoms with van der Waals surface area (Å²) in [6, 6.07) is 10.8. The molecule has 0 saturated carbocycles. The van der Waals surface area contributed by atoms with Crippen molar-refractivity contribution in [3.05, 3.63) is 70.0 Å². The van der Waals surface area contributed by atoms with Gasteiger partial charge >= 0.3 is 0 Å². The lowest BCUT2D eigenvalue weighted by molar-refractivity contribution is -0.111. The minimum Gasteiger partial charge on any atom is -0.320 e. The molecule has 2 aromatic rings. The second-order valence-electron chi connectivity index (χ2n) is 3.97. The van der Waals surface area contributed by atoms with E-state index in [4.69, 9.17) is 23.2 Å². The smallest absolute Gasteiger partial charge is 0.248 e. The van der Waals surface area contributed by atoms with Crippen LogP contribution in [0.15, 0.2) is 48.5 Å². The third-order valence-electron chi connectivity index (χ3n) is 2.49. The molecule has 0 spiro atoms. The summed E-state index contributed by atoms with van der Waals surface area (Å²) in [6.07, 6.45) is 2.79. The molecule has 2 rings (SSSR count). The van der Waals surface area contributed by atoms with E-state index >= 15 is 0 Å². The summed E-state index contributed by atoms with van der Waals surface area (Å²) in [5.74, 6) is -0.758. The van der Waals surface area contributed by atoms with Gasteiger partial charge in [0.15, 0.2) is 0 Å². The fraction of sp³-hybridized carbons (Fsp3) is 0. The van der Waals surface area contributed by atoms with Crippen molar-refractivity contribution in [2.24, 2.45) is 0 Å². The fourth-order valence-electron chi connectivity index (χ4n) is 1.56. The molecule has 102 valence electrons. The number of carbonyl (C=O) groups excluding carboxylic acids is 1. The van der Waals surface area contributed by atoms with Gasteiger partial charge in [0.05, 0.1) is 15.7 Å². The van der Waals surface area contributed by atoms with Gasteiger partial charge in [0.1, 0.15) is 5.82 Å². The number of carbonyl (C=O) groups is 1. The molecule has 0 bridgehead atoms. The van der Waals surface area contributed by atoms with Crippen LogP contribution in [-0.2, 0) is 4.79 Å². The van der Waals surface area contributed by atoms with Gasteiger partial charge < -0.3 is 5.32 Å². The molecule has 1 amide bonds. The van der Waals surface area contributed by atoms with Crippen molar-refractivity contribution >= 4 is 40.9 Å². The van der Waals surface area contributed by atoms with Crippen LogP contribution in [-0.4, -0.2) is 5.91 Å². The number of nitrogens with one attached hydrogen (secondary N) is 1. The van der Waals surface area contributed by atoms with Crippen LogP contribution < -0.4 is 5.32 Å². The van der Waals surface area contributed by atoms with Crippen LogP contribution in [0.1, 0.15) is 5.56 Å². The summed E-state index contributed by atoms with van der Waals surface area (Å²) in [7, 11) is 0. The van der Waals surface area contributed by atoms with Crippen molar-refractivity contribution in [3.63, 3.8) is 0 Å². The quantitative estimate of drug-likeness (QED) is 0.812. The molecule has 0 heterocycles. The first kappa shape index (κ1) is 14.6. The maximum atomic E-state index is 13.0. The maximum absolute atomic E-state index is 13.0. The highest BCUT2D eigenvalue weighted by Gasteiger charge is 2.07. The Morgan fingerprint density at radius 1 is 1.10 bits per heavy atom. The third kappa shape index (κ3) is 3.83. The summed E-state index contributed by atoms with van der Waals surface area (Å²) in [5.41, 5.74) is 0.940. The van der Waals surface area contributed by atoms with Crippen LogP contribution in [0.2, 0.25) is 10.0 Å². The molecule has 0 aliphatic rings. The van der Waals surface area contributed by atoms with Crippen molar-refractivity contribution in [3.8, 4) is 0 Å². The van der Waals surface area contributed by atoms with Gasteiger partial charge in [-0.3, -0.25) is 4.79 Å². The number of rotatable bonds is 3. The molecule has 0 aliphatic carbocycles. The molecule has 0 atom stereocenters. The Balaban J connectivity index is 2.10. The summed E-state index contributed by atoms with van der Waals surface area (Å²) in [5, 5.41) is 3.28. The minimum absolute atomic E-state index is 0.352. The third-order valence-corrected chi connectivity index (χ3v) is 3.12. The predicted octanol–water partition coefficient (Wildman–Crippen LogP) is 4.78. The zero-order valence-electron chi connectivity index (χ0n) is 10.2. The normalized spacial score (nSPS) is 10.8. The van der Waals surface area contributed by atoms with Crippen molar-refractivity contribution in [1.29, 1.82) is 0 Å². The van der Waals surface area contributed by atoms with Gasteiger partial charge in [-0.2, -0.15) is 0 Å². The highest BCUT2D eigenvalue weighted by molar-refractivity contribution is 6.39. The Morgan fingerprint density at radius 2 is 1.75 bits per heavy atom. The number of para-hydroxylation sites is 1.